The smallest absolute Gasteiger partial charge is 0.274 e. The van der Waals surface area contributed by atoms with Crippen molar-refractivity contribution >= 4 is 5.91 Å². The molecule has 3 heterocycles. The molecule has 1 aromatic heterocycles. The molecule has 5 nitrogen and oxygen atoms in total. The van der Waals surface area contributed by atoms with E-state index in [0.717, 1.165) is 19.3 Å². The van der Waals surface area contributed by atoms with Crippen molar-refractivity contribution in [1.82, 2.24) is 20.2 Å². The topological polar surface area (TPSA) is 58.1 Å². The molecule has 5 atom stereocenters. The van der Waals surface area contributed by atoms with Crippen LogP contribution in [0, 0.1) is 5.41 Å². The van der Waals surface area contributed by atoms with Crippen LogP contribution >= 0.6 is 0 Å². The molecule has 2 bridgehead atoms. The fourth-order valence-corrected chi connectivity index (χ4v) is 5.80. The monoisotopic (exact) mass is 362 g/mol. The van der Waals surface area contributed by atoms with E-state index in [-0.39, 0.29) is 23.4 Å². The summed E-state index contributed by atoms with van der Waals surface area (Å²) in [4.78, 5) is 24.0. The third kappa shape index (κ3) is 2.67. The first-order valence-corrected chi connectivity index (χ1v) is 10.1. The van der Waals surface area contributed by atoms with Gasteiger partial charge in [0.15, 0.2) is 0 Å². The maximum absolute atomic E-state index is 13.4. The number of nitrogens with zero attached hydrogens (tertiary/aromatic N) is 3. The number of aromatic nitrogens is 2. The van der Waals surface area contributed by atoms with Crippen LogP contribution in [0.4, 0.5) is 0 Å². The Labute approximate surface area is 160 Å². The molecule has 3 aliphatic rings. The van der Waals surface area contributed by atoms with E-state index in [0.29, 0.717) is 17.8 Å². The minimum absolute atomic E-state index is 0.0456. The number of benzene rings is 1. The van der Waals surface area contributed by atoms with Crippen molar-refractivity contribution in [2.24, 2.45) is 5.41 Å². The van der Waals surface area contributed by atoms with Crippen molar-refractivity contribution in [3.63, 3.8) is 0 Å². The molecular weight excluding hydrogens is 336 g/mol. The van der Waals surface area contributed by atoms with E-state index in [1.54, 1.807) is 18.6 Å². The molecular formula is C22H26N4O. The number of rotatable bonds is 3. The van der Waals surface area contributed by atoms with E-state index in [4.69, 9.17) is 0 Å². The lowest BCUT2D eigenvalue weighted by molar-refractivity contribution is 0.0553. The summed E-state index contributed by atoms with van der Waals surface area (Å²) in [5.74, 6) is 0.0456. The molecule has 2 saturated heterocycles. The van der Waals surface area contributed by atoms with Crippen LogP contribution in [0.15, 0.2) is 48.9 Å². The van der Waals surface area contributed by atoms with Crippen LogP contribution in [0.25, 0.3) is 0 Å². The molecule has 0 radical (unpaired) electrons. The highest BCUT2D eigenvalue weighted by molar-refractivity contribution is 5.93. The second-order valence-corrected chi connectivity index (χ2v) is 8.54. The molecule has 1 amide bonds. The number of fused-ring (bicyclic) bond motifs is 1. The van der Waals surface area contributed by atoms with Crippen LogP contribution in [-0.4, -0.2) is 44.9 Å². The van der Waals surface area contributed by atoms with E-state index in [2.05, 4.69) is 57.4 Å². The lowest BCUT2D eigenvalue weighted by atomic mass is 9.65. The number of likely N-dealkylation sites (tertiary alicyclic amines) is 1. The van der Waals surface area contributed by atoms with Crippen molar-refractivity contribution in [1.29, 1.82) is 0 Å². The van der Waals surface area contributed by atoms with Gasteiger partial charge >= 0.3 is 0 Å². The van der Waals surface area contributed by atoms with E-state index in [1.165, 1.54) is 18.4 Å². The van der Waals surface area contributed by atoms with Gasteiger partial charge in [-0.2, -0.15) is 0 Å². The molecule has 1 aromatic carbocycles. The molecule has 0 spiro atoms. The van der Waals surface area contributed by atoms with E-state index in [9.17, 15) is 4.79 Å². The van der Waals surface area contributed by atoms with Crippen molar-refractivity contribution in [3.8, 4) is 0 Å². The van der Waals surface area contributed by atoms with Crippen LogP contribution < -0.4 is 5.32 Å². The van der Waals surface area contributed by atoms with Gasteiger partial charge in [-0.05, 0) is 37.7 Å². The quantitative estimate of drug-likeness (QED) is 0.912. The standard InChI is InChI=1S/C22H26N4O/c1-22-13-18-16(12-15-6-3-2-4-7-15)25-19(22)8-5-9-20(22)26(18)21(27)17-14-23-10-11-24-17/h2-4,6-7,10-11,14,16,18-20,25H,5,8-9,12-13H2,1H3/t16-,18-,19+,20-,22+/m0/s1. The van der Waals surface area contributed by atoms with Gasteiger partial charge < -0.3 is 10.2 Å². The Morgan fingerprint density at radius 1 is 1.26 bits per heavy atom. The first kappa shape index (κ1) is 16.9. The van der Waals surface area contributed by atoms with Gasteiger partial charge in [-0.3, -0.25) is 9.78 Å². The maximum atomic E-state index is 13.4. The average Bonchev–Trinajstić information content (AvgIpc) is 3.01. The number of hydrogen-bond donors (Lipinski definition) is 1. The molecule has 2 aromatic rings. The number of hydrogen-bond acceptors (Lipinski definition) is 4. The largest absolute Gasteiger partial charge is 0.329 e. The highest BCUT2D eigenvalue weighted by Gasteiger charge is 2.61. The third-order valence-electron chi connectivity index (χ3n) is 7.06. The Kier molecular flexibility index (Phi) is 4.01. The minimum atomic E-state index is 0.0456. The second-order valence-electron chi connectivity index (χ2n) is 8.54. The summed E-state index contributed by atoms with van der Waals surface area (Å²) < 4.78 is 0. The first-order chi connectivity index (χ1) is 13.2. The fraction of sp³-hybridized carbons (Fsp3) is 0.500. The minimum Gasteiger partial charge on any atom is -0.329 e. The first-order valence-electron chi connectivity index (χ1n) is 10.1. The van der Waals surface area contributed by atoms with Crippen molar-refractivity contribution in [2.75, 3.05) is 0 Å². The Balaban J connectivity index is 1.51. The van der Waals surface area contributed by atoms with Gasteiger partial charge in [-0.25, -0.2) is 4.98 Å². The zero-order chi connectivity index (χ0) is 18.4. The zero-order valence-electron chi connectivity index (χ0n) is 15.7. The van der Waals surface area contributed by atoms with Gasteiger partial charge in [-0.1, -0.05) is 37.3 Å². The molecule has 1 aliphatic carbocycles. The highest BCUT2D eigenvalue weighted by atomic mass is 16.2. The summed E-state index contributed by atoms with van der Waals surface area (Å²) in [7, 11) is 0. The van der Waals surface area contributed by atoms with Crippen molar-refractivity contribution in [2.45, 2.75) is 63.2 Å². The van der Waals surface area contributed by atoms with Crippen LogP contribution in [0.1, 0.15) is 48.7 Å². The molecule has 5 rings (SSSR count). The number of carbonyl (C=O) groups is 1. The van der Waals surface area contributed by atoms with Crippen molar-refractivity contribution in [3.05, 3.63) is 60.2 Å². The van der Waals surface area contributed by atoms with Gasteiger partial charge in [0.25, 0.3) is 5.91 Å². The van der Waals surface area contributed by atoms with Crippen LogP contribution in [-0.2, 0) is 6.42 Å². The predicted molar refractivity (Wildman–Crippen MR) is 103 cm³/mol. The lowest BCUT2D eigenvalue weighted by Gasteiger charge is -2.46. The Bertz CT molecular complexity index is 827. The van der Waals surface area contributed by atoms with Gasteiger partial charge in [0.1, 0.15) is 5.69 Å². The average molecular weight is 362 g/mol. The summed E-state index contributed by atoms with van der Waals surface area (Å²) in [5, 5.41) is 3.94. The number of amides is 1. The molecule has 1 N–H and O–H groups in total. The molecule has 3 fully saturated rings. The van der Waals surface area contributed by atoms with Gasteiger partial charge in [0.2, 0.25) is 0 Å². The Hall–Kier alpha value is -2.27. The molecule has 1 saturated carbocycles. The molecule has 5 heteroatoms. The third-order valence-corrected chi connectivity index (χ3v) is 7.06. The zero-order valence-corrected chi connectivity index (χ0v) is 15.7. The number of piperidine rings is 1. The molecule has 27 heavy (non-hydrogen) atoms. The van der Waals surface area contributed by atoms with Gasteiger partial charge in [0.05, 0.1) is 6.20 Å². The Morgan fingerprint density at radius 3 is 2.89 bits per heavy atom. The predicted octanol–water partition coefficient (Wildman–Crippen LogP) is 2.83. The van der Waals surface area contributed by atoms with E-state index >= 15 is 0 Å². The number of carbonyl (C=O) groups excluding carboxylic acids is 1. The SMILES string of the molecule is C[C@@]12C[C@H]3[C@H](Cc4ccccc4)N[C@@H]1CCC[C@@H]2N3C(=O)c1cnccn1. The van der Waals surface area contributed by atoms with E-state index < -0.39 is 0 Å². The maximum Gasteiger partial charge on any atom is 0.274 e. The summed E-state index contributed by atoms with van der Waals surface area (Å²) >= 11 is 0. The van der Waals surface area contributed by atoms with Crippen LogP contribution in [0.5, 0.6) is 0 Å². The van der Waals surface area contributed by atoms with Gasteiger partial charge in [0, 0.05) is 42.0 Å². The normalized spacial score (nSPS) is 34.5. The summed E-state index contributed by atoms with van der Waals surface area (Å²) in [6.45, 7) is 2.38. The van der Waals surface area contributed by atoms with Crippen molar-refractivity contribution < 1.29 is 4.79 Å². The summed E-state index contributed by atoms with van der Waals surface area (Å²) in [6, 6.07) is 11.9. The molecule has 140 valence electrons. The van der Waals surface area contributed by atoms with Crippen LogP contribution in [0.3, 0.4) is 0 Å². The molecule has 0 unspecified atom stereocenters. The molecule has 2 aliphatic heterocycles. The summed E-state index contributed by atoms with van der Waals surface area (Å²) in [5.41, 5.74) is 1.95. The fourth-order valence-electron chi connectivity index (χ4n) is 5.80. The summed E-state index contributed by atoms with van der Waals surface area (Å²) in [6.07, 6.45) is 10.3. The van der Waals surface area contributed by atoms with Crippen LogP contribution in [0.2, 0.25) is 0 Å². The van der Waals surface area contributed by atoms with E-state index in [1.807, 2.05) is 0 Å². The van der Waals surface area contributed by atoms with Gasteiger partial charge in [-0.15, -0.1) is 0 Å². The second kappa shape index (κ2) is 6.41. The lowest BCUT2D eigenvalue weighted by Crippen LogP contribution is -2.58. The Morgan fingerprint density at radius 2 is 2.11 bits per heavy atom. The number of nitrogens with one attached hydrogen (secondary N) is 1. The highest BCUT2D eigenvalue weighted by Crippen LogP contribution is 2.53.